The summed E-state index contributed by atoms with van der Waals surface area (Å²) in [7, 11) is 0. The molecule has 0 spiro atoms. The fourth-order valence-electron chi connectivity index (χ4n) is 0.937. The van der Waals surface area contributed by atoms with E-state index in [1.807, 2.05) is 0 Å². The SMILES string of the molecule is O=C(O)CCCNC(CC(=O)O)C(=O)O. The largest absolute Gasteiger partial charge is 0.481 e. The Hall–Kier alpha value is -1.63. The van der Waals surface area contributed by atoms with Crippen molar-refractivity contribution in [1.82, 2.24) is 5.32 Å². The molecular weight excluding hydrogens is 206 g/mol. The molecule has 7 nitrogen and oxygen atoms in total. The molecule has 0 saturated heterocycles. The van der Waals surface area contributed by atoms with Gasteiger partial charge in [0.1, 0.15) is 6.04 Å². The van der Waals surface area contributed by atoms with E-state index in [-0.39, 0.29) is 19.4 Å². The van der Waals surface area contributed by atoms with Crippen LogP contribution in [-0.2, 0) is 14.4 Å². The third-order valence-electron chi connectivity index (χ3n) is 1.63. The van der Waals surface area contributed by atoms with Crippen LogP contribution >= 0.6 is 0 Å². The highest BCUT2D eigenvalue weighted by molar-refractivity contribution is 5.80. The molecule has 15 heavy (non-hydrogen) atoms. The first kappa shape index (κ1) is 13.4. The van der Waals surface area contributed by atoms with E-state index in [1.54, 1.807) is 0 Å². The van der Waals surface area contributed by atoms with E-state index in [2.05, 4.69) is 5.32 Å². The van der Waals surface area contributed by atoms with Crippen LogP contribution in [0, 0.1) is 0 Å². The van der Waals surface area contributed by atoms with Crippen LogP contribution in [0.25, 0.3) is 0 Å². The van der Waals surface area contributed by atoms with Gasteiger partial charge in [-0.1, -0.05) is 0 Å². The first-order valence-corrected chi connectivity index (χ1v) is 4.33. The lowest BCUT2D eigenvalue weighted by molar-refractivity contribution is -0.146. The summed E-state index contributed by atoms with van der Waals surface area (Å²) >= 11 is 0. The first-order chi connectivity index (χ1) is 6.93. The van der Waals surface area contributed by atoms with Crippen LogP contribution in [0.4, 0.5) is 0 Å². The van der Waals surface area contributed by atoms with Crippen molar-refractivity contribution in [3.8, 4) is 0 Å². The summed E-state index contributed by atoms with van der Waals surface area (Å²) in [5, 5.41) is 27.7. The number of carbonyl (C=O) groups is 3. The van der Waals surface area contributed by atoms with E-state index in [9.17, 15) is 14.4 Å². The topological polar surface area (TPSA) is 124 Å². The minimum atomic E-state index is -1.26. The third-order valence-corrected chi connectivity index (χ3v) is 1.63. The van der Waals surface area contributed by atoms with Gasteiger partial charge in [-0.15, -0.1) is 0 Å². The van der Waals surface area contributed by atoms with Crippen LogP contribution in [0.15, 0.2) is 0 Å². The molecule has 0 amide bonds. The Bertz CT molecular complexity index is 252. The van der Waals surface area contributed by atoms with Crippen molar-refractivity contribution in [3.63, 3.8) is 0 Å². The van der Waals surface area contributed by atoms with E-state index in [0.717, 1.165) is 0 Å². The maximum atomic E-state index is 10.5. The van der Waals surface area contributed by atoms with E-state index in [4.69, 9.17) is 15.3 Å². The standard InChI is InChI=1S/C8H13NO6/c10-6(11)2-1-3-9-5(8(14)15)4-7(12)13/h5,9H,1-4H2,(H,10,11)(H,12,13)(H,14,15). The predicted octanol–water partition coefficient (Wildman–Crippen LogP) is -0.631. The van der Waals surface area contributed by atoms with E-state index >= 15 is 0 Å². The Morgan fingerprint density at radius 3 is 2.07 bits per heavy atom. The zero-order valence-corrected chi connectivity index (χ0v) is 7.97. The van der Waals surface area contributed by atoms with Crippen molar-refractivity contribution in [2.45, 2.75) is 25.3 Å². The molecule has 0 saturated carbocycles. The molecule has 0 aromatic carbocycles. The van der Waals surface area contributed by atoms with E-state index < -0.39 is 30.4 Å². The van der Waals surface area contributed by atoms with Gasteiger partial charge in [-0.25, -0.2) is 0 Å². The molecule has 0 aliphatic heterocycles. The van der Waals surface area contributed by atoms with Gasteiger partial charge in [-0.2, -0.15) is 0 Å². The molecule has 7 heteroatoms. The van der Waals surface area contributed by atoms with Crippen LogP contribution in [0.2, 0.25) is 0 Å². The molecule has 0 aromatic heterocycles. The Labute approximate surface area is 85.7 Å². The third kappa shape index (κ3) is 7.44. The highest BCUT2D eigenvalue weighted by Crippen LogP contribution is 1.94. The molecule has 0 rings (SSSR count). The number of hydrogen-bond donors (Lipinski definition) is 4. The molecule has 1 unspecified atom stereocenters. The van der Waals surface area contributed by atoms with Gasteiger partial charge in [0.15, 0.2) is 0 Å². The monoisotopic (exact) mass is 219 g/mol. The summed E-state index contributed by atoms with van der Waals surface area (Å²) < 4.78 is 0. The molecule has 0 aliphatic rings. The number of carboxylic acids is 3. The lowest BCUT2D eigenvalue weighted by atomic mass is 10.2. The van der Waals surface area contributed by atoms with Gasteiger partial charge in [0.2, 0.25) is 0 Å². The fourth-order valence-corrected chi connectivity index (χ4v) is 0.937. The number of hydrogen-bond acceptors (Lipinski definition) is 4. The van der Waals surface area contributed by atoms with Gasteiger partial charge < -0.3 is 20.6 Å². The molecule has 4 N–H and O–H groups in total. The molecule has 0 aromatic rings. The predicted molar refractivity (Wildman–Crippen MR) is 48.5 cm³/mol. The number of rotatable bonds is 8. The second kappa shape index (κ2) is 6.77. The van der Waals surface area contributed by atoms with Crippen molar-refractivity contribution >= 4 is 17.9 Å². The smallest absolute Gasteiger partial charge is 0.321 e. The Kier molecular flexibility index (Phi) is 6.03. The van der Waals surface area contributed by atoms with Crippen molar-refractivity contribution < 1.29 is 29.7 Å². The zero-order chi connectivity index (χ0) is 11.8. The average molecular weight is 219 g/mol. The van der Waals surface area contributed by atoms with Gasteiger partial charge in [0.25, 0.3) is 0 Å². The quantitative estimate of drug-likeness (QED) is 0.400. The molecule has 86 valence electrons. The molecule has 0 aliphatic carbocycles. The minimum absolute atomic E-state index is 0.0770. The Morgan fingerprint density at radius 1 is 1.07 bits per heavy atom. The lowest BCUT2D eigenvalue weighted by Gasteiger charge is -2.11. The first-order valence-electron chi connectivity index (χ1n) is 4.33. The highest BCUT2D eigenvalue weighted by atomic mass is 16.4. The summed E-state index contributed by atoms with van der Waals surface area (Å²) in [5.41, 5.74) is 0. The molecule has 1 atom stereocenters. The summed E-state index contributed by atoms with van der Waals surface area (Å²) in [6, 6.07) is -1.17. The normalized spacial score (nSPS) is 12.0. The van der Waals surface area contributed by atoms with Crippen molar-refractivity contribution in [1.29, 1.82) is 0 Å². The van der Waals surface area contributed by atoms with Gasteiger partial charge in [0.05, 0.1) is 6.42 Å². The maximum absolute atomic E-state index is 10.5. The lowest BCUT2D eigenvalue weighted by Crippen LogP contribution is -2.39. The van der Waals surface area contributed by atoms with Crippen LogP contribution in [0.3, 0.4) is 0 Å². The Balaban J connectivity index is 3.81. The second-order valence-electron chi connectivity index (χ2n) is 2.94. The molecule has 0 heterocycles. The van der Waals surface area contributed by atoms with E-state index in [1.165, 1.54) is 0 Å². The number of nitrogens with one attached hydrogen (secondary N) is 1. The molecule has 0 bridgehead atoms. The summed E-state index contributed by atoms with van der Waals surface area (Å²) in [6.07, 6.45) is -0.340. The summed E-state index contributed by atoms with van der Waals surface area (Å²) in [4.78, 5) is 30.9. The van der Waals surface area contributed by atoms with Gasteiger partial charge >= 0.3 is 17.9 Å². The number of carboxylic acid groups (broad SMARTS) is 3. The van der Waals surface area contributed by atoms with Crippen molar-refractivity contribution in [2.75, 3.05) is 6.54 Å². The Morgan fingerprint density at radius 2 is 1.67 bits per heavy atom. The van der Waals surface area contributed by atoms with Crippen LogP contribution < -0.4 is 5.32 Å². The maximum Gasteiger partial charge on any atom is 0.321 e. The molecule has 0 radical (unpaired) electrons. The van der Waals surface area contributed by atoms with Crippen molar-refractivity contribution in [2.24, 2.45) is 0 Å². The fraction of sp³-hybridized carbons (Fsp3) is 0.625. The average Bonchev–Trinajstić information content (AvgIpc) is 2.08. The number of aliphatic carboxylic acids is 3. The second-order valence-corrected chi connectivity index (χ2v) is 2.94. The minimum Gasteiger partial charge on any atom is -0.481 e. The van der Waals surface area contributed by atoms with Gasteiger partial charge in [-0.05, 0) is 13.0 Å². The van der Waals surface area contributed by atoms with Crippen LogP contribution in [0.5, 0.6) is 0 Å². The summed E-state index contributed by atoms with van der Waals surface area (Å²) in [5.74, 6) is -3.44. The van der Waals surface area contributed by atoms with Gasteiger partial charge in [-0.3, -0.25) is 14.4 Å². The zero-order valence-electron chi connectivity index (χ0n) is 7.97. The van der Waals surface area contributed by atoms with Crippen molar-refractivity contribution in [3.05, 3.63) is 0 Å². The van der Waals surface area contributed by atoms with Crippen LogP contribution in [0.1, 0.15) is 19.3 Å². The molecular formula is C8H13NO6. The van der Waals surface area contributed by atoms with Crippen LogP contribution in [-0.4, -0.2) is 45.8 Å². The van der Waals surface area contributed by atoms with Gasteiger partial charge in [0, 0.05) is 6.42 Å². The highest BCUT2D eigenvalue weighted by Gasteiger charge is 2.19. The van der Waals surface area contributed by atoms with E-state index in [0.29, 0.717) is 0 Å². The molecule has 0 fully saturated rings. The summed E-state index contributed by atoms with van der Waals surface area (Å²) in [6.45, 7) is 0.163.